The van der Waals surface area contributed by atoms with Crippen LogP contribution in [0.2, 0.25) is 0 Å². The molecule has 2 amide bonds. The van der Waals surface area contributed by atoms with Crippen molar-refractivity contribution < 1.29 is 14.4 Å². The van der Waals surface area contributed by atoms with Gasteiger partial charge in [-0.2, -0.15) is 0 Å². The lowest BCUT2D eigenvalue weighted by molar-refractivity contribution is -0.133. The minimum atomic E-state index is -0.266. The van der Waals surface area contributed by atoms with E-state index in [-0.39, 0.29) is 37.0 Å². The molecule has 2 aromatic rings. The van der Waals surface area contributed by atoms with Crippen molar-refractivity contribution in [2.24, 2.45) is 0 Å². The zero-order valence-electron chi connectivity index (χ0n) is 15.8. The second-order valence-corrected chi connectivity index (χ2v) is 7.14. The molecule has 0 fully saturated rings. The van der Waals surface area contributed by atoms with Gasteiger partial charge in [0.15, 0.2) is 5.78 Å². The Bertz CT molecular complexity index is 818. The molecular weight excluding hydrogens is 360 g/mol. The van der Waals surface area contributed by atoms with E-state index < -0.39 is 0 Å². The molecule has 5 nitrogen and oxygen atoms in total. The van der Waals surface area contributed by atoms with Gasteiger partial charge in [0.05, 0.1) is 12.2 Å². The molecule has 0 aliphatic rings. The van der Waals surface area contributed by atoms with Crippen molar-refractivity contribution in [3.8, 4) is 0 Å². The van der Waals surface area contributed by atoms with Crippen molar-refractivity contribution in [1.29, 1.82) is 0 Å². The van der Waals surface area contributed by atoms with Gasteiger partial charge in [-0.3, -0.25) is 14.4 Å². The maximum Gasteiger partial charge on any atom is 0.244 e. The van der Waals surface area contributed by atoms with Gasteiger partial charge in [0.25, 0.3) is 0 Å². The van der Waals surface area contributed by atoms with Crippen molar-refractivity contribution in [3.05, 3.63) is 59.7 Å². The number of likely N-dealkylation sites (N-methyl/N-ethyl adjacent to an activating group) is 1. The van der Waals surface area contributed by atoms with Crippen molar-refractivity contribution in [2.45, 2.75) is 24.7 Å². The molecule has 2 aromatic carbocycles. The number of anilines is 1. The van der Waals surface area contributed by atoms with Gasteiger partial charge in [-0.15, -0.1) is 11.8 Å². The number of hydrogen-bond donors (Lipinski definition) is 1. The second kappa shape index (κ2) is 9.92. The summed E-state index contributed by atoms with van der Waals surface area (Å²) >= 11 is 1.54. The summed E-state index contributed by atoms with van der Waals surface area (Å²) in [7, 11) is 1.57. The fraction of sp³-hybridized carbons (Fsp3) is 0.286. The Labute approximate surface area is 164 Å². The molecule has 0 heterocycles. The number of thioether (sulfide) groups is 1. The normalized spacial score (nSPS) is 10.3. The van der Waals surface area contributed by atoms with Crippen LogP contribution >= 0.6 is 11.8 Å². The third-order valence-corrected chi connectivity index (χ3v) is 4.92. The van der Waals surface area contributed by atoms with Crippen molar-refractivity contribution in [2.75, 3.05) is 25.2 Å². The van der Waals surface area contributed by atoms with Crippen molar-refractivity contribution >= 4 is 35.0 Å². The number of nitrogens with zero attached hydrogens (tertiary/aromatic N) is 1. The number of carbonyl (C=O) groups is 3. The molecule has 1 N–H and O–H groups in total. The van der Waals surface area contributed by atoms with E-state index >= 15 is 0 Å². The van der Waals surface area contributed by atoms with Gasteiger partial charge in [0.2, 0.25) is 11.8 Å². The number of aryl methyl sites for hydroxylation is 1. The number of carbonyl (C=O) groups excluding carboxylic acids is 3. The van der Waals surface area contributed by atoms with Crippen LogP contribution in [-0.4, -0.2) is 42.3 Å². The maximum atomic E-state index is 12.2. The molecule has 6 heteroatoms. The highest BCUT2D eigenvalue weighted by atomic mass is 32.2. The zero-order chi connectivity index (χ0) is 19.8. The van der Waals surface area contributed by atoms with Crippen LogP contribution in [-0.2, 0) is 9.59 Å². The SMILES string of the molecule is CSc1ccccc1NC(=O)CN(C)C(=O)CCC(=O)c1ccc(C)cc1. The summed E-state index contributed by atoms with van der Waals surface area (Å²) in [5.74, 6) is -0.573. The predicted molar refractivity (Wildman–Crippen MR) is 109 cm³/mol. The number of ketones is 1. The van der Waals surface area contributed by atoms with Crippen LogP contribution in [0.15, 0.2) is 53.4 Å². The molecule has 0 aliphatic heterocycles. The average Bonchev–Trinajstić information content (AvgIpc) is 2.66. The first-order valence-electron chi connectivity index (χ1n) is 8.67. The zero-order valence-corrected chi connectivity index (χ0v) is 16.6. The standard InChI is InChI=1S/C21H24N2O3S/c1-15-8-10-16(11-9-15)18(24)12-13-21(26)23(2)14-20(25)22-17-6-4-5-7-19(17)27-3/h4-11H,12-14H2,1-3H3,(H,22,25). The van der Waals surface area contributed by atoms with Gasteiger partial charge in [-0.1, -0.05) is 42.0 Å². The van der Waals surface area contributed by atoms with Gasteiger partial charge < -0.3 is 10.2 Å². The highest BCUT2D eigenvalue weighted by molar-refractivity contribution is 7.98. The summed E-state index contributed by atoms with van der Waals surface area (Å²) in [5.41, 5.74) is 2.41. The molecule has 0 bridgehead atoms. The molecule has 2 rings (SSSR count). The summed E-state index contributed by atoms with van der Waals surface area (Å²) < 4.78 is 0. The van der Waals surface area contributed by atoms with E-state index in [2.05, 4.69) is 5.32 Å². The van der Waals surface area contributed by atoms with Gasteiger partial charge >= 0.3 is 0 Å². The lowest BCUT2D eigenvalue weighted by Gasteiger charge is -2.17. The monoisotopic (exact) mass is 384 g/mol. The summed E-state index contributed by atoms with van der Waals surface area (Å²) in [5, 5.41) is 2.82. The third kappa shape index (κ3) is 6.25. The quantitative estimate of drug-likeness (QED) is 0.556. The van der Waals surface area contributed by atoms with Crippen LogP contribution in [0.25, 0.3) is 0 Å². The van der Waals surface area contributed by atoms with Crippen LogP contribution in [0.4, 0.5) is 5.69 Å². The molecule has 142 valence electrons. The van der Waals surface area contributed by atoms with E-state index in [1.807, 2.05) is 49.6 Å². The number of amides is 2. The van der Waals surface area contributed by atoms with Crippen molar-refractivity contribution in [3.63, 3.8) is 0 Å². The number of hydrogen-bond acceptors (Lipinski definition) is 4. The van der Waals surface area contributed by atoms with E-state index in [1.54, 1.807) is 19.2 Å². The van der Waals surface area contributed by atoms with Crippen molar-refractivity contribution in [1.82, 2.24) is 4.90 Å². The summed E-state index contributed by atoms with van der Waals surface area (Å²) in [6.45, 7) is 1.90. The fourth-order valence-corrected chi connectivity index (χ4v) is 3.09. The molecule has 0 saturated heterocycles. The molecule has 27 heavy (non-hydrogen) atoms. The Hall–Kier alpha value is -2.60. The van der Waals surface area contributed by atoms with Gasteiger partial charge in [-0.05, 0) is 25.3 Å². The molecule has 0 spiro atoms. The summed E-state index contributed by atoms with van der Waals surface area (Å²) in [6, 6.07) is 14.8. The maximum absolute atomic E-state index is 12.2. The van der Waals surface area contributed by atoms with Crippen LogP contribution < -0.4 is 5.32 Å². The number of para-hydroxylation sites is 1. The smallest absolute Gasteiger partial charge is 0.244 e. The van der Waals surface area contributed by atoms with E-state index in [0.29, 0.717) is 5.56 Å². The van der Waals surface area contributed by atoms with Gasteiger partial charge in [-0.25, -0.2) is 0 Å². The molecule has 0 radical (unpaired) electrons. The van der Waals surface area contributed by atoms with Crippen LogP contribution in [0, 0.1) is 6.92 Å². The molecule has 0 unspecified atom stereocenters. The molecule has 0 saturated carbocycles. The highest BCUT2D eigenvalue weighted by Crippen LogP contribution is 2.24. The van der Waals surface area contributed by atoms with Crippen LogP contribution in [0.5, 0.6) is 0 Å². The number of rotatable bonds is 8. The number of Topliss-reactive ketones (excluding diaryl/α,β-unsaturated/α-hetero) is 1. The average molecular weight is 385 g/mol. The fourth-order valence-electron chi connectivity index (χ4n) is 2.54. The first-order valence-corrected chi connectivity index (χ1v) is 9.90. The van der Waals surface area contributed by atoms with Gasteiger partial charge in [0.1, 0.15) is 0 Å². The molecule has 0 aliphatic carbocycles. The largest absolute Gasteiger partial charge is 0.336 e. The Morgan fingerprint density at radius 2 is 1.67 bits per heavy atom. The van der Waals surface area contributed by atoms with Gasteiger partial charge in [0, 0.05) is 30.3 Å². The second-order valence-electron chi connectivity index (χ2n) is 6.29. The lowest BCUT2D eigenvalue weighted by Crippen LogP contribution is -2.35. The Kier molecular flexibility index (Phi) is 7.61. The topological polar surface area (TPSA) is 66.5 Å². The minimum absolute atomic E-state index is 0.0553. The molecule has 0 atom stereocenters. The van der Waals surface area contributed by atoms with E-state index in [1.165, 1.54) is 16.7 Å². The lowest BCUT2D eigenvalue weighted by atomic mass is 10.0. The number of nitrogens with one attached hydrogen (secondary N) is 1. The minimum Gasteiger partial charge on any atom is -0.336 e. The Balaban J connectivity index is 1.83. The Morgan fingerprint density at radius 3 is 2.33 bits per heavy atom. The molecule has 0 aromatic heterocycles. The molecular formula is C21H24N2O3S. The van der Waals surface area contributed by atoms with Crippen LogP contribution in [0.1, 0.15) is 28.8 Å². The van der Waals surface area contributed by atoms with Crippen LogP contribution in [0.3, 0.4) is 0 Å². The third-order valence-electron chi connectivity index (χ3n) is 4.13. The predicted octanol–water partition coefficient (Wildman–Crippen LogP) is 3.78. The first kappa shape index (κ1) is 20.7. The highest BCUT2D eigenvalue weighted by Gasteiger charge is 2.16. The Morgan fingerprint density at radius 1 is 1.00 bits per heavy atom. The van der Waals surface area contributed by atoms with E-state index in [0.717, 1.165) is 16.1 Å². The first-order chi connectivity index (χ1) is 12.9. The van der Waals surface area contributed by atoms with E-state index in [9.17, 15) is 14.4 Å². The summed E-state index contributed by atoms with van der Waals surface area (Å²) in [6.07, 6.45) is 2.15. The summed E-state index contributed by atoms with van der Waals surface area (Å²) in [4.78, 5) is 38.9. The van der Waals surface area contributed by atoms with E-state index in [4.69, 9.17) is 0 Å². The number of benzene rings is 2.